The van der Waals surface area contributed by atoms with Crippen molar-refractivity contribution < 1.29 is 26.4 Å². The van der Waals surface area contributed by atoms with Crippen molar-refractivity contribution in [3.63, 3.8) is 0 Å². The van der Waals surface area contributed by atoms with Crippen molar-refractivity contribution in [3.05, 3.63) is 77.8 Å². The average Bonchev–Trinajstić information content (AvgIpc) is 2.93. The van der Waals surface area contributed by atoms with Crippen LogP contribution in [0.4, 0.5) is 11.4 Å². The van der Waals surface area contributed by atoms with Gasteiger partial charge in [0.15, 0.2) is 0 Å². The van der Waals surface area contributed by atoms with Crippen LogP contribution in [0.25, 0.3) is 0 Å². The number of benzene rings is 3. The fourth-order valence-corrected chi connectivity index (χ4v) is 6.72. The van der Waals surface area contributed by atoms with Gasteiger partial charge in [-0.1, -0.05) is 23.7 Å². The van der Waals surface area contributed by atoms with Gasteiger partial charge in [0.1, 0.15) is 5.75 Å². The molecule has 0 atom stereocenters. The van der Waals surface area contributed by atoms with Gasteiger partial charge >= 0.3 is 0 Å². The van der Waals surface area contributed by atoms with Gasteiger partial charge in [-0.05, 0) is 60.7 Å². The number of piperazine rings is 1. The molecule has 2 N–H and O–H groups in total. The normalized spacial score (nSPS) is 14.7. The zero-order chi connectivity index (χ0) is 28.0. The highest BCUT2D eigenvalue weighted by molar-refractivity contribution is 7.89. The summed E-state index contributed by atoms with van der Waals surface area (Å²) in [6, 6.07) is 19.2. The lowest BCUT2D eigenvalue weighted by Crippen LogP contribution is -2.48. The number of halogens is 1. The zero-order valence-corrected chi connectivity index (χ0v) is 23.6. The topological polar surface area (TPSA) is 125 Å². The molecule has 208 valence electrons. The minimum atomic E-state index is -3.77. The van der Waals surface area contributed by atoms with Crippen LogP contribution in [0, 0.1) is 0 Å². The van der Waals surface area contributed by atoms with Gasteiger partial charge in [0.2, 0.25) is 26.0 Å². The van der Waals surface area contributed by atoms with E-state index in [4.69, 9.17) is 16.3 Å². The number of anilines is 2. The van der Waals surface area contributed by atoms with Crippen LogP contribution in [0.5, 0.6) is 5.75 Å². The predicted octanol–water partition coefficient (Wildman–Crippen LogP) is 3.17. The van der Waals surface area contributed by atoms with Crippen LogP contribution >= 0.6 is 11.6 Å². The minimum absolute atomic E-state index is 0.0466. The number of nitrogens with one attached hydrogen (secondary N) is 2. The Kier molecular flexibility index (Phi) is 9.13. The number of carbonyl (C=O) groups excluding carboxylic acids is 1. The molecule has 0 spiro atoms. The Labute approximate surface area is 233 Å². The lowest BCUT2D eigenvalue weighted by Gasteiger charge is -2.35. The van der Waals surface area contributed by atoms with E-state index in [9.17, 15) is 21.6 Å². The molecule has 0 saturated carbocycles. The minimum Gasteiger partial charge on any atom is -0.495 e. The maximum atomic E-state index is 13.2. The van der Waals surface area contributed by atoms with Crippen LogP contribution in [0.2, 0.25) is 5.02 Å². The third kappa shape index (κ3) is 7.08. The first kappa shape index (κ1) is 28.8. The number of ether oxygens (including phenoxy) is 1. The molecular weight excluding hydrogens is 564 g/mol. The van der Waals surface area contributed by atoms with Crippen molar-refractivity contribution in [2.45, 2.75) is 16.2 Å². The third-order valence-electron chi connectivity index (χ3n) is 6.21. The first-order valence-electron chi connectivity index (χ1n) is 12.1. The third-order valence-corrected chi connectivity index (χ3v) is 9.85. The molecular formula is C26H29ClN4O6S2. The SMILES string of the molecule is COc1ccccc1N1CCN(S(=O)(=O)c2ccc(NC(=O)CCNS(=O)(=O)c3ccc(Cl)cc3)cc2)CC1. The van der Waals surface area contributed by atoms with Crippen LogP contribution < -0.4 is 19.7 Å². The van der Waals surface area contributed by atoms with Crippen molar-refractivity contribution in [2.75, 3.05) is 50.1 Å². The van der Waals surface area contributed by atoms with Crippen LogP contribution in [-0.4, -0.2) is 66.9 Å². The van der Waals surface area contributed by atoms with Crippen LogP contribution in [0.1, 0.15) is 6.42 Å². The van der Waals surface area contributed by atoms with Gasteiger partial charge in [-0.3, -0.25) is 4.79 Å². The molecule has 39 heavy (non-hydrogen) atoms. The summed E-state index contributed by atoms with van der Waals surface area (Å²) in [6.45, 7) is 1.59. The molecule has 0 unspecified atom stereocenters. The van der Waals surface area contributed by atoms with Gasteiger partial charge in [-0.25, -0.2) is 21.6 Å². The summed E-state index contributed by atoms with van der Waals surface area (Å²) in [5.74, 6) is 0.322. The average molecular weight is 593 g/mol. The van der Waals surface area contributed by atoms with Crippen molar-refractivity contribution in [1.29, 1.82) is 0 Å². The molecule has 3 aromatic rings. The first-order valence-corrected chi connectivity index (χ1v) is 15.4. The molecule has 1 heterocycles. The molecule has 0 radical (unpaired) electrons. The number of rotatable bonds is 10. The molecule has 13 heteroatoms. The van der Waals surface area contributed by atoms with E-state index in [1.54, 1.807) is 7.11 Å². The predicted molar refractivity (Wildman–Crippen MR) is 150 cm³/mol. The maximum Gasteiger partial charge on any atom is 0.243 e. The van der Waals surface area contributed by atoms with E-state index in [1.165, 1.54) is 52.8 Å². The van der Waals surface area contributed by atoms with E-state index < -0.39 is 26.0 Å². The smallest absolute Gasteiger partial charge is 0.243 e. The molecule has 1 aliphatic heterocycles. The highest BCUT2D eigenvalue weighted by Gasteiger charge is 2.29. The summed E-state index contributed by atoms with van der Waals surface area (Å²) in [5, 5.41) is 3.07. The quantitative estimate of drug-likeness (QED) is 0.370. The van der Waals surface area contributed by atoms with Crippen LogP contribution in [0.15, 0.2) is 82.6 Å². The second-order valence-electron chi connectivity index (χ2n) is 8.74. The summed E-state index contributed by atoms with van der Waals surface area (Å²) in [4.78, 5) is 14.6. The van der Waals surface area contributed by atoms with Crippen molar-refractivity contribution in [2.24, 2.45) is 0 Å². The summed E-state index contributed by atoms with van der Waals surface area (Å²) >= 11 is 5.79. The Bertz CT molecular complexity index is 1510. The van der Waals surface area contributed by atoms with Gasteiger partial charge in [-0.15, -0.1) is 0 Å². The molecule has 0 aromatic heterocycles. The summed E-state index contributed by atoms with van der Waals surface area (Å²) in [5.41, 5.74) is 1.33. The Morgan fingerprint density at radius 2 is 1.49 bits per heavy atom. The van der Waals surface area contributed by atoms with Gasteiger partial charge in [0.05, 0.1) is 22.6 Å². The number of sulfonamides is 2. The van der Waals surface area contributed by atoms with E-state index in [0.717, 1.165) is 11.4 Å². The first-order chi connectivity index (χ1) is 18.6. The van der Waals surface area contributed by atoms with E-state index in [-0.39, 0.29) is 22.8 Å². The van der Waals surface area contributed by atoms with Crippen molar-refractivity contribution in [1.82, 2.24) is 9.03 Å². The highest BCUT2D eigenvalue weighted by Crippen LogP contribution is 2.29. The molecule has 0 bridgehead atoms. The van der Waals surface area contributed by atoms with E-state index >= 15 is 0 Å². The molecule has 0 aliphatic carbocycles. The van der Waals surface area contributed by atoms with Crippen molar-refractivity contribution in [3.8, 4) is 5.75 Å². The van der Waals surface area contributed by atoms with Gasteiger partial charge < -0.3 is 15.0 Å². The van der Waals surface area contributed by atoms with Gasteiger partial charge in [0, 0.05) is 49.9 Å². The molecule has 1 amide bonds. The Morgan fingerprint density at radius 3 is 2.13 bits per heavy atom. The van der Waals surface area contributed by atoms with E-state index in [1.807, 2.05) is 24.3 Å². The Balaban J connectivity index is 1.29. The lowest BCUT2D eigenvalue weighted by molar-refractivity contribution is -0.116. The summed E-state index contributed by atoms with van der Waals surface area (Å²) in [7, 11) is -5.87. The molecule has 4 rings (SSSR count). The zero-order valence-electron chi connectivity index (χ0n) is 21.2. The standard InChI is InChI=1S/C26H29ClN4O6S2/c1-37-25-5-3-2-4-24(25)30-16-18-31(19-17-30)39(35,36)23-12-8-21(9-13-23)29-26(32)14-15-28-38(33,34)22-10-6-20(27)7-11-22/h2-13,28H,14-19H2,1H3,(H,29,32). The second-order valence-corrected chi connectivity index (χ2v) is 12.9. The fraction of sp³-hybridized carbons (Fsp3) is 0.269. The number of nitrogens with zero attached hydrogens (tertiary/aromatic N) is 2. The van der Waals surface area contributed by atoms with Crippen LogP contribution in [0.3, 0.4) is 0 Å². The number of methoxy groups -OCH3 is 1. The fourth-order valence-electron chi connectivity index (χ4n) is 4.14. The van der Waals surface area contributed by atoms with Gasteiger partial charge in [0.25, 0.3) is 0 Å². The molecule has 3 aromatic carbocycles. The number of hydrogen-bond donors (Lipinski definition) is 2. The number of carbonyl (C=O) groups is 1. The maximum absolute atomic E-state index is 13.2. The monoisotopic (exact) mass is 592 g/mol. The lowest BCUT2D eigenvalue weighted by atomic mass is 10.2. The van der Waals surface area contributed by atoms with E-state index in [2.05, 4.69) is 14.9 Å². The molecule has 10 nitrogen and oxygen atoms in total. The Hall–Kier alpha value is -3.16. The second kappa shape index (κ2) is 12.3. The molecule has 1 fully saturated rings. The highest BCUT2D eigenvalue weighted by atomic mass is 35.5. The number of amides is 1. The van der Waals surface area contributed by atoms with E-state index in [0.29, 0.717) is 36.9 Å². The molecule has 1 aliphatic rings. The molecule has 1 saturated heterocycles. The Morgan fingerprint density at radius 1 is 0.872 bits per heavy atom. The van der Waals surface area contributed by atoms with Crippen LogP contribution in [-0.2, 0) is 24.8 Å². The summed E-state index contributed by atoms with van der Waals surface area (Å²) in [6.07, 6.45) is -0.108. The number of hydrogen-bond acceptors (Lipinski definition) is 7. The number of para-hydroxylation sites is 2. The largest absolute Gasteiger partial charge is 0.495 e. The summed E-state index contributed by atoms with van der Waals surface area (Å²) < 4.78 is 60.2. The van der Waals surface area contributed by atoms with Gasteiger partial charge in [-0.2, -0.15) is 4.31 Å². The van der Waals surface area contributed by atoms with Crippen molar-refractivity contribution >= 4 is 48.9 Å².